The number of thiocarbonyl (C=S) groups is 1. The zero-order chi connectivity index (χ0) is 24.8. The topological polar surface area (TPSA) is 107 Å². The third kappa shape index (κ3) is 6.91. The van der Waals surface area contributed by atoms with E-state index in [0.717, 1.165) is 10.9 Å². The fraction of sp³-hybridized carbons (Fsp3) is 0.217. The Bertz CT molecular complexity index is 1170. The quantitative estimate of drug-likeness (QED) is 0.177. The smallest absolute Gasteiger partial charge is 0.335 e. The van der Waals surface area contributed by atoms with Crippen LogP contribution in [0.5, 0.6) is 5.75 Å². The van der Waals surface area contributed by atoms with Gasteiger partial charge < -0.3 is 15.5 Å². The maximum absolute atomic E-state index is 12.8. The molecule has 0 aromatic heterocycles. The molecular weight excluding hydrogens is 608 g/mol. The standard InChI is InChI=1S/C23H20Br2N2O5S2/c24-15-10-14(20(29)17(25)12-15)11-18-21(30)27(23(33)34-18)9-3-1-2-4-19(28)26-16-7-5-13(6-8-16)22(31)32/h5-8,10-12,29H,1-4,9H2,(H,26,28)(H,31,32)/b18-11-. The van der Waals surface area contributed by atoms with Crippen LogP contribution in [0.3, 0.4) is 0 Å². The molecular formula is C23H20Br2N2O5S2. The fourth-order valence-corrected chi connectivity index (χ4v) is 5.74. The van der Waals surface area contributed by atoms with Crippen molar-refractivity contribution in [3.05, 3.63) is 61.4 Å². The highest BCUT2D eigenvalue weighted by Crippen LogP contribution is 2.37. The number of carboxylic acid groups (broad SMARTS) is 1. The van der Waals surface area contributed by atoms with E-state index in [9.17, 15) is 19.5 Å². The third-order valence-corrected chi connectivity index (χ3v) is 7.36. The van der Waals surface area contributed by atoms with Gasteiger partial charge in [0.2, 0.25) is 5.91 Å². The second-order valence-corrected chi connectivity index (χ2v) is 10.8. The molecule has 3 rings (SSSR count). The Kier molecular flexibility index (Phi) is 9.29. The molecule has 0 unspecified atom stereocenters. The van der Waals surface area contributed by atoms with Crippen molar-refractivity contribution < 1.29 is 24.6 Å². The maximum atomic E-state index is 12.8. The van der Waals surface area contributed by atoms with Crippen LogP contribution in [-0.4, -0.2) is 43.8 Å². The zero-order valence-corrected chi connectivity index (χ0v) is 22.5. The SMILES string of the molecule is O=C(CCCCCN1C(=O)/C(=C/c2cc(Br)cc(Br)c2O)SC1=S)Nc1ccc(C(=O)O)cc1. The van der Waals surface area contributed by atoms with Crippen LogP contribution >= 0.6 is 55.8 Å². The maximum Gasteiger partial charge on any atom is 0.335 e. The van der Waals surface area contributed by atoms with Gasteiger partial charge in [-0.25, -0.2) is 4.79 Å². The number of hydrogen-bond acceptors (Lipinski definition) is 6. The van der Waals surface area contributed by atoms with Gasteiger partial charge in [0.25, 0.3) is 5.91 Å². The predicted molar refractivity (Wildman–Crippen MR) is 144 cm³/mol. The third-order valence-electron chi connectivity index (χ3n) is 4.92. The van der Waals surface area contributed by atoms with Gasteiger partial charge in [0.05, 0.1) is 14.9 Å². The van der Waals surface area contributed by atoms with Crippen LogP contribution in [0.25, 0.3) is 6.08 Å². The number of rotatable bonds is 9. The van der Waals surface area contributed by atoms with Crippen molar-refractivity contribution in [2.75, 3.05) is 11.9 Å². The Morgan fingerprint density at radius 1 is 1.12 bits per heavy atom. The average molecular weight is 628 g/mol. The number of aromatic carboxylic acids is 1. The minimum absolute atomic E-state index is 0.0459. The van der Waals surface area contributed by atoms with Gasteiger partial charge in [-0.15, -0.1) is 0 Å². The molecule has 2 aromatic rings. The number of thioether (sulfide) groups is 1. The summed E-state index contributed by atoms with van der Waals surface area (Å²) < 4.78 is 1.75. The van der Waals surface area contributed by atoms with Crippen molar-refractivity contribution in [1.29, 1.82) is 0 Å². The van der Waals surface area contributed by atoms with Crippen LogP contribution in [-0.2, 0) is 9.59 Å². The number of unbranched alkanes of at least 4 members (excludes halogenated alkanes) is 2. The van der Waals surface area contributed by atoms with E-state index >= 15 is 0 Å². The van der Waals surface area contributed by atoms with Crippen molar-refractivity contribution >= 4 is 89.7 Å². The van der Waals surface area contributed by atoms with Gasteiger partial charge in [-0.05, 0) is 71.2 Å². The number of carbonyl (C=O) groups is 3. The van der Waals surface area contributed by atoms with E-state index in [4.69, 9.17) is 17.3 Å². The monoisotopic (exact) mass is 626 g/mol. The highest BCUT2D eigenvalue weighted by molar-refractivity contribution is 9.11. The van der Waals surface area contributed by atoms with Crippen molar-refractivity contribution in [3.8, 4) is 5.75 Å². The summed E-state index contributed by atoms with van der Waals surface area (Å²) in [6, 6.07) is 9.41. The Balaban J connectivity index is 1.45. The Morgan fingerprint density at radius 3 is 2.50 bits per heavy atom. The van der Waals surface area contributed by atoms with Crippen LogP contribution in [0, 0.1) is 0 Å². The van der Waals surface area contributed by atoms with Crippen LogP contribution in [0.2, 0.25) is 0 Å². The molecule has 34 heavy (non-hydrogen) atoms. The summed E-state index contributed by atoms with van der Waals surface area (Å²) in [5, 5.41) is 21.9. The van der Waals surface area contributed by atoms with Crippen molar-refractivity contribution in [3.63, 3.8) is 0 Å². The van der Waals surface area contributed by atoms with Gasteiger partial charge in [-0.1, -0.05) is 46.3 Å². The highest BCUT2D eigenvalue weighted by Gasteiger charge is 2.31. The molecule has 178 valence electrons. The number of benzene rings is 2. The first-order valence-corrected chi connectivity index (χ1v) is 13.0. The lowest BCUT2D eigenvalue weighted by atomic mass is 10.1. The number of carbonyl (C=O) groups excluding carboxylic acids is 2. The molecule has 1 heterocycles. The Morgan fingerprint density at radius 2 is 1.82 bits per heavy atom. The predicted octanol–water partition coefficient (Wildman–Crippen LogP) is 6.02. The van der Waals surface area contributed by atoms with E-state index in [-0.39, 0.29) is 23.1 Å². The molecule has 3 N–H and O–H groups in total. The van der Waals surface area contributed by atoms with Gasteiger partial charge in [0.1, 0.15) is 10.1 Å². The van der Waals surface area contributed by atoms with Crippen LogP contribution in [0.4, 0.5) is 5.69 Å². The molecule has 11 heteroatoms. The first kappa shape index (κ1) is 26.4. The van der Waals surface area contributed by atoms with Crippen LogP contribution in [0.1, 0.15) is 41.6 Å². The number of phenolic OH excluding ortho intramolecular Hbond substituents is 1. The largest absolute Gasteiger partial charge is 0.506 e. The lowest BCUT2D eigenvalue weighted by Gasteiger charge is -2.14. The molecule has 1 fully saturated rings. The lowest BCUT2D eigenvalue weighted by molar-refractivity contribution is -0.122. The van der Waals surface area contributed by atoms with Crippen molar-refractivity contribution in [2.45, 2.75) is 25.7 Å². The van der Waals surface area contributed by atoms with E-state index in [1.54, 1.807) is 35.2 Å². The molecule has 1 saturated heterocycles. The van der Waals surface area contributed by atoms with E-state index in [1.165, 1.54) is 23.9 Å². The number of nitrogens with zero attached hydrogens (tertiary/aromatic N) is 1. The van der Waals surface area contributed by atoms with Gasteiger partial charge in [0.15, 0.2) is 0 Å². The molecule has 0 bridgehead atoms. The van der Waals surface area contributed by atoms with Gasteiger partial charge in [-0.2, -0.15) is 0 Å². The summed E-state index contributed by atoms with van der Waals surface area (Å²) in [4.78, 5) is 37.7. The number of carboxylic acids is 1. The lowest BCUT2D eigenvalue weighted by Crippen LogP contribution is -2.29. The van der Waals surface area contributed by atoms with Gasteiger partial charge in [0, 0.05) is 28.7 Å². The molecule has 0 saturated carbocycles. The number of nitrogens with one attached hydrogen (secondary N) is 1. The second kappa shape index (κ2) is 12.0. The van der Waals surface area contributed by atoms with Crippen LogP contribution < -0.4 is 5.32 Å². The van der Waals surface area contributed by atoms with Gasteiger partial charge >= 0.3 is 5.97 Å². The van der Waals surface area contributed by atoms with Crippen LogP contribution in [0.15, 0.2) is 50.2 Å². The number of halogens is 2. The summed E-state index contributed by atoms with van der Waals surface area (Å²) in [6.45, 7) is 0.453. The molecule has 2 aromatic carbocycles. The first-order valence-electron chi connectivity index (χ1n) is 10.2. The zero-order valence-electron chi connectivity index (χ0n) is 17.7. The summed E-state index contributed by atoms with van der Waals surface area (Å²) in [5.41, 5.74) is 1.21. The molecule has 1 aliphatic rings. The van der Waals surface area contributed by atoms with E-state index < -0.39 is 5.97 Å². The minimum atomic E-state index is -1.02. The van der Waals surface area contributed by atoms with Gasteiger partial charge in [-0.3, -0.25) is 14.5 Å². The molecule has 0 atom stereocenters. The number of aromatic hydroxyl groups is 1. The molecule has 0 aliphatic carbocycles. The Hall–Kier alpha value is -2.21. The van der Waals surface area contributed by atoms with E-state index in [2.05, 4.69) is 37.2 Å². The highest BCUT2D eigenvalue weighted by atomic mass is 79.9. The van der Waals surface area contributed by atoms with Crippen molar-refractivity contribution in [1.82, 2.24) is 4.90 Å². The minimum Gasteiger partial charge on any atom is -0.506 e. The Labute approximate surface area is 222 Å². The second-order valence-electron chi connectivity index (χ2n) is 7.40. The molecule has 0 spiro atoms. The first-order chi connectivity index (χ1) is 16.2. The number of phenols is 1. The van der Waals surface area contributed by atoms with E-state index in [0.29, 0.717) is 50.8 Å². The molecule has 7 nitrogen and oxygen atoms in total. The van der Waals surface area contributed by atoms with E-state index in [1.807, 2.05) is 0 Å². The van der Waals surface area contributed by atoms with Crippen molar-refractivity contribution in [2.24, 2.45) is 0 Å². The fourth-order valence-electron chi connectivity index (χ4n) is 3.18. The number of hydrogen-bond donors (Lipinski definition) is 3. The molecule has 1 aliphatic heterocycles. The normalized spacial score (nSPS) is 14.6. The summed E-state index contributed by atoms with van der Waals surface area (Å²) in [6.07, 6.45) is 4.01. The number of amides is 2. The molecule has 0 radical (unpaired) electrons. The number of anilines is 1. The summed E-state index contributed by atoms with van der Waals surface area (Å²) in [7, 11) is 0. The summed E-state index contributed by atoms with van der Waals surface area (Å²) in [5.74, 6) is -1.33. The average Bonchev–Trinajstić information content (AvgIpc) is 3.04. The molecule has 2 amide bonds. The summed E-state index contributed by atoms with van der Waals surface area (Å²) >= 11 is 13.2.